The maximum absolute atomic E-state index is 12.9. The van der Waals surface area contributed by atoms with Crippen molar-refractivity contribution < 1.29 is 18.0 Å². The lowest BCUT2D eigenvalue weighted by Gasteiger charge is -2.10. The van der Waals surface area contributed by atoms with Gasteiger partial charge in [-0.1, -0.05) is 48.0 Å². The highest BCUT2D eigenvalue weighted by atomic mass is 35.5. The van der Waals surface area contributed by atoms with Gasteiger partial charge < -0.3 is 5.32 Å². The summed E-state index contributed by atoms with van der Waals surface area (Å²) >= 11 is 6.21. The van der Waals surface area contributed by atoms with Gasteiger partial charge in [0.1, 0.15) is 5.71 Å². The lowest BCUT2D eigenvalue weighted by atomic mass is 10.1. The Bertz CT molecular complexity index is 1240. The first kappa shape index (κ1) is 22.4. The van der Waals surface area contributed by atoms with Gasteiger partial charge in [-0.2, -0.15) is 0 Å². The zero-order valence-corrected chi connectivity index (χ0v) is 17.7. The van der Waals surface area contributed by atoms with Crippen LogP contribution in [0, 0.1) is 0 Å². The number of anilines is 1. The molecule has 3 aromatic rings. The van der Waals surface area contributed by atoms with E-state index in [1.807, 2.05) is 0 Å². The molecule has 0 saturated heterocycles. The fraction of sp³-hybridized carbons (Fsp3) is 0.0455. The molecule has 0 fully saturated rings. The predicted octanol–water partition coefficient (Wildman–Crippen LogP) is 3.45. The standard InChI is InChI=1S/C22H18ClN3O4S/c23-19-9-5-4-8-16(19)14-20(26-21(27)15-6-2-1-3-7-15)22(28)25-17-10-12-18(13-11-17)31(24,29)30/h1-13H,14H2,(H,25,28)(H2,24,29,30). The zero-order valence-electron chi connectivity index (χ0n) is 16.2. The van der Waals surface area contributed by atoms with Gasteiger partial charge in [0.15, 0.2) is 0 Å². The highest BCUT2D eigenvalue weighted by Gasteiger charge is 2.17. The number of nitrogens with two attached hydrogens (primary N) is 1. The van der Waals surface area contributed by atoms with Gasteiger partial charge in [-0.05, 0) is 48.0 Å². The van der Waals surface area contributed by atoms with Crippen LogP contribution in [0.3, 0.4) is 0 Å². The van der Waals surface area contributed by atoms with Crippen LogP contribution < -0.4 is 10.5 Å². The fourth-order valence-electron chi connectivity index (χ4n) is 2.69. The molecule has 0 aliphatic rings. The van der Waals surface area contributed by atoms with Crippen LogP contribution >= 0.6 is 11.6 Å². The molecule has 3 rings (SSSR count). The number of carbonyl (C=O) groups excluding carboxylic acids is 2. The van der Waals surface area contributed by atoms with Crippen molar-refractivity contribution in [3.63, 3.8) is 0 Å². The van der Waals surface area contributed by atoms with Crippen LogP contribution in [0.2, 0.25) is 5.02 Å². The number of nitrogens with one attached hydrogen (secondary N) is 1. The quantitative estimate of drug-likeness (QED) is 0.553. The van der Waals surface area contributed by atoms with E-state index in [0.29, 0.717) is 21.8 Å². The number of primary sulfonamides is 1. The predicted molar refractivity (Wildman–Crippen MR) is 120 cm³/mol. The van der Waals surface area contributed by atoms with Gasteiger partial charge >= 0.3 is 0 Å². The molecule has 0 aliphatic heterocycles. The minimum absolute atomic E-state index is 0.0271. The van der Waals surface area contributed by atoms with Gasteiger partial charge in [0.2, 0.25) is 10.0 Å². The number of nitrogens with zero attached hydrogens (tertiary/aromatic N) is 1. The van der Waals surface area contributed by atoms with Crippen molar-refractivity contribution in [3.8, 4) is 0 Å². The Hall–Kier alpha value is -3.33. The van der Waals surface area contributed by atoms with Crippen LogP contribution in [0.5, 0.6) is 0 Å². The molecule has 31 heavy (non-hydrogen) atoms. The largest absolute Gasteiger partial charge is 0.321 e. The average Bonchev–Trinajstić information content (AvgIpc) is 2.75. The number of carbonyl (C=O) groups is 2. The first-order valence-corrected chi connectivity index (χ1v) is 11.0. The Labute approximate surface area is 184 Å². The summed E-state index contributed by atoms with van der Waals surface area (Å²) in [6.45, 7) is 0. The lowest BCUT2D eigenvalue weighted by Crippen LogP contribution is -2.26. The Morgan fingerprint density at radius 3 is 2.13 bits per heavy atom. The van der Waals surface area contributed by atoms with Crippen molar-refractivity contribution >= 4 is 44.8 Å². The normalized spacial score (nSPS) is 11.7. The molecule has 0 heterocycles. The van der Waals surface area contributed by atoms with Gasteiger partial charge in [0.25, 0.3) is 11.8 Å². The molecule has 2 amide bonds. The van der Waals surface area contributed by atoms with Gasteiger partial charge in [0.05, 0.1) is 4.90 Å². The van der Waals surface area contributed by atoms with Crippen LogP contribution in [-0.2, 0) is 21.2 Å². The van der Waals surface area contributed by atoms with Crippen molar-refractivity contribution in [1.82, 2.24) is 0 Å². The monoisotopic (exact) mass is 455 g/mol. The van der Waals surface area contributed by atoms with E-state index < -0.39 is 21.8 Å². The van der Waals surface area contributed by atoms with Crippen LogP contribution in [0.15, 0.2) is 88.8 Å². The molecule has 0 aromatic heterocycles. The second kappa shape index (κ2) is 9.65. The first-order valence-electron chi connectivity index (χ1n) is 9.08. The summed E-state index contributed by atoms with van der Waals surface area (Å²) in [5.74, 6) is -1.19. The van der Waals surface area contributed by atoms with E-state index in [1.165, 1.54) is 24.3 Å². The molecule has 0 radical (unpaired) electrons. The van der Waals surface area contributed by atoms with E-state index in [2.05, 4.69) is 10.3 Å². The van der Waals surface area contributed by atoms with Crippen LogP contribution in [0.25, 0.3) is 0 Å². The van der Waals surface area contributed by atoms with E-state index >= 15 is 0 Å². The number of aliphatic imine (C=N–C) groups is 1. The minimum atomic E-state index is -3.85. The SMILES string of the molecule is NS(=O)(=O)c1ccc(NC(=O)C(Cc2ccccc2Cl)=NC(=O)c2ccccc2)cc1. The van der Waals surface area contributed by atoms with E-state index in [-0.39, 0.29) is 17.0 Å². The third kappa shape index (κ3) is 6.08. The number of sulfonamides is 1. The molecular formula is C22H18ClN3O4S. The first-order chi connectivity index (χ1) is 14.7. The maximum atomic E-state index is 12.9. The van der Waals surface area contributed by atoms with Crippen molar-refractivity contribution in [1.29, 1.82) is 0 Å². The number of halogens is 1. The minimum Gasteiger partial charge on any atom is -0.321 e. The molecule has 0 aliphatic carbocycles. The second-order valence-electron chi connectivity index (χ2n) is 6.52. The second-order valence-corrected chi connectivity index (χ2v) is 8.49. The summed E-state index contributed by atoms with van der Waals surface area (Å²) in [6, 6.07) is 20.6. The third-order valence-electron chi connectivity index (χ3n) is 4.28. The summed E-state index contributed by atoms with van der Waals surface area (Å²) in [5.41, 5.74) is 1.24. The lowest BCUT2D eigenvalue weighted by molar-refractivity contribution is -0.110. The molecular weight excluding hydrogens is 438 g/mol. The highest BCUT2D eigenvalue weighted by molar-refractivity contribution is 7.89. The van der Waals surface area contributed by atoms with E-state index in [4.69, 9.17) is 16.7 Å². The molecule has 0 spiro atoms. The smallest absolute Gasteiger partial charge is 0.277 e. The Kier molecular flexibility index (Phi) is 6.96. The number of rotatable bonds is 6. The Morgan fingerprint density at radius 1 is 0.903 bits per heavy atom. The van der Waals surface area contributed by atoms with Gasteiger partial charge in [-0.3, -0.25) is 9.59 Å². The summed E-state index contributed by atoms with van der Waals surface area (Å²) < 4.78 is 22.8. The van der Waals surface area contributed by atoms with Crippen LogP contribution in [0.1, 0.15) is 15.9 Å². The topological polar surface area (TPSA) is 119 Å². The number of amides is 2. The number of hydrogen-bond acceptors (Lipinski definition) is 4. The van der Waals surface area contributed by atoms with Crippen molar-refractivity contribution in [3.05, 3.63) is 95.0 Å². The Balaban J connectivity index is 1.89. The molecule has 0 saturated carbocycles. The molecule has 0 atom stereocenters. The molecule has 7 nitrogen and oxygen atoms in total. The van der Waals surface area contributed by atoms with E-state index in [0.717, 1.165) is 0 Å². The van der Waals surface area contributed by atoms with Crippen LogP contribution in [-0.4, -0.2) is 25.9 Å². The molecule has 9 heteroatoms. The van der Waals surface area contributed by atoms with Crippen LogP contribution in [0.4, 0.5) is 5.69 Å². The summed E-state index contributed by atoms with van der Waals surface area (Å²) in [5, 5.41) is 8.14. The summed E-state index contributed by atoms with van der Waals surface area (Å²) in [6.07, 6.45) is 0.0271. The van der Waals surface area contributed by atoms with E-state index in [9.17, 15) is 18.0 Å². The van der Waals surface area contributed by atoms with Crippen molar-refractivity contribution in [2.45, 2.75) is 11.3 Å². The van der Waals surface area contributed by atoms with E-state index in [1.54, 1.807) is 54.6 Å². The fourth-order valence-corrected chi connectivity index (χ4v) is 3.41. The molecule has 3 N–H and O–H groups in total. The highest BCUT2D eigenvalue weighted by Crippen LogP contribution is 2.18. The summed E-state index contributed by atoms with van der Waals surface area (Å²) in [4.78, 5) is 29.4. The maximum Gasteiger partial charge on any atom is 0.277 e. The Morgan fingerprint density at radius 2 is 1.52 bits per heavy atom. The zero-order chi connectivity index (χ0) is 22.4. The van der Waals surface area contributed by atoms with Gasteiger partial charge in [-0.15, -0.1) is 0 Å². The number of hydrogen-bond donors (Lipinski definition) is 2. The van der Waals surface area contributed by atoms with Gasteiger partial charge in [0, 0.05) is 22.7 Å². The number of benzene rings is 3. The third-order valence-corrected chi connectivity index (χ3v) is 5.57. The molecule has 0 bridgehead atoms. The molecule has 3 aromatic carbocycles. The summed E-state index contributed by atoms with van der Waals surface area (Å²) in [7, 11) is -3.85. The van der Waals surface area contributed by atoms with Crippen molar-refractivity contribution in [2.24, 2.45) is 10.1 Å². The van der Waals surface area contributed by atoms with Gasteiger partial charge in [-0.25, -0.2) is 18.5 Å². The molecule has 0 unspecified atom stereocenters. The molecule has 158 valence electrons. The average molecular weight is 456 g/mol. The van der Waals surface area contributed by atoms with Crippen molar-refractivity contribution in [2.75, 3.05) is 5.32 Å².